The molecule has 0 saturated carbocycles. The van der Waals surface area contributed by atoms with Crippen molar-refractivity contribution < 1.29 is 9.53 Å². The fourth-order valence-electron chi connectivity index (χ4n) is 4.26. The highest BCUT2D eigenvalue weighted by Gasteiger charge is 2.20. The predicted octanol–water partition coefficient (Wildman–Crippen LogP) is 3.74. The highest BCUT2D eigenvalue weighted by Crippen LogP contribution is 2.24. The fraction of sp³-hybridized carbons (Fsp3) is 0.320. The number of amides is 1. The molecule has 1 fully saturated rings. The number of ether oxygens (including phenoxy) is 1. The number of carbonyl (C=O) groups is 1. The highest BCUT2D eigenvalue weighted by atomic mass is 16.5. The second-order valence-corrected chi connectivity index (χ2v) is 8.16. The Morgan fingerprint density at radius 3 is 2.69 bits per heavy atom. The lowest BCUT2D eigenvalue weighted by molar-refractivity contribution is 0.0694. The van der Waals surface area contributed by atoms with Crippen LogP contribution in [-0.2, 0) is 17.7 Å². The number of fused-ring (bicyclic) bond motifs is 1. The van der Waals surface area contributed by atoms with Crippen molar-refractivity contribution in [3.05, 3.63) is 77.9 Å². The molecule has 1 amide bonds. The number of hydrogen-bond donors (Lipinski definition) is 1. The molecule has 7 heteroatoms. The summed E-state index contributed by atoms with van der Waals surface area (Å²) in [6, 6.07) is 14.5. The Hall–Kier alpha value is -3.45. The summed E-state index contributed by atoms with van der Waals surface area (Å²) in [6.45, 7) is 4.27. The predicted molar refractivity (Wildman–Crippen MR) is 123 cm³/mol. The number of nitrogens with zero attached hydrogens (tertiary/aromatic N) is 4. The molecule has 0 bridgehead atoms. The number of benzene rings is 1. The van der Waals surface area contributed by atoms with E-state index in [0.29, 0.717) is 18.9 Å². The second-order valence-electron chi connectivity index (χ2n) is 8.16. The highest BCUT2D eigenvalue weighted by molar-refractivity contribution is 5.95. The Morgan fingerprint density at radius 1 is 1.16 bits per heavy atom. The van der Waals surface area contributed by atoms with Gasteiger partial charge in [0.25, 0.3) is 5.91 Å². The second kappa shape index (κ2) is 8.96. The minimum absolute atomic E-state index is 0.113. The maximum atomic E-state index is 13.0. The minimum Gasteiger partial charge on any atom is -0.381 e. The third-order valence-corrected chi connectivity index (χ3v) is 6.05. The van der Waals surface area contributed by atoms with Gasteiger partial charge in [-0.1, -0.05) is 12.1 Å². The van der Waals surface area contributed by atoms with Gasteiger partial charge in [-0.15, -0.1) is 0 Å². The van der Waals surface area contributed by atoms with Crippen molar-refractivity contribution in [1.82, 2.24) is 24.6 Å². The summed E-state index contributed by atoms with van der Waals surface area (Å²) in [5.74, 6) is -0.113. The number of aryl methyl sites for hydroxylation is 1. The summed E-state index contributed by atoms with van der Waals surface area (Å²) < 4.78 is 9.34. The van der Waals surface area contributed by atoms with Crippen molar-refractivity contribution in [2.75, 3.05) is 13.2 Å². The van der Waals surface area contributed by atoms with Crippen molar-refractivity contribution in [1.29, 1.82) is 0 Å². The van der Waals surface area contributed by atoms with Crippen LogP contribution >= 0.6 is 0 Å². The molecule has 1 aliphatic rings. The first-order valence-electron chi connectivity index (χ1n) is 11.2. The van der Waals surface area contributed by atoms with Crippen LogP contribution in [0.3, 0.4) is 0 Å². The van der Waals surface area contributed by atoms with E-state index < -0.39 is 0 Å². The van der Waals surface area contributed by atoms with E-state index in [-0.39, 0.29) is 11.9 Å². The zero-order valence-electron chi connectivity index (χ0n) is 18.2. The molecule has 32 heavy (non-hydrogen) atoms. The van der Waals surface area contributed by atoms with Crippen molar-refractivity contribution in [3.8, 4) is 5.69 Å². The van der Waals surface area contributed by atoms with E-state index in [1.54, 1.807) is 6.20 Å². The Bertz CT molecular complexity index is 1210. The van der Waals surface area contributed by atoms with E-state index in [1.165, 1.54) is 5.56 Å². The molecule has 0 atom stereocenters. The molecule has 164 valence electrons. The molecule has 0 radical (unpaired) electrons. The molecule has 0 spiro atoms. The van der Waals surface area contributed by atoms with E-state index >= 15 is 0 Å². The summed E-state index contributed by atoms with van der Waals surface area (Å²) in [6.07, 6.45) is 8.15. The molecule has 1 N–H and O–H groups in total. The normalized spacial score (nSPS) is 14.7. The number of hydrogen-bond acceptors (Lipinski definition) is 4. The van der Waals surface area contributed by atoms with Gasteiger partial charge in [-0.25, -0.2) is 9.67 Å². The lowest BCUT2D eigenvalue weighted by Crippen LogP contribution is -2.39. The van der Waals surface area contributed by atoms with Crippen LogP contribution in [0.2, 0.25) is 0 Å². The van der Waals surface area contributed by atoms with E-state index in [2.05, 4.69) is 52.2 Å². The average molecular weight is 430 g/mol. The van der Waals surface area contributed by atoms with Gasteiger partial charge in [0.15, 0.2) is 0 Å². The van der Waals surface area contributed by atoms with Crippen LogP contribution in [0.25, 0.3) is 16.7 Å². The zero-order chi connectivity index (χ0) is 21.9. The van der Waals surface area contributed by atoms with Crippen LogP contribution in [-0.4, -0.2) is 44.5 Å². The van der Waals surface area contributed by atoms with Gasteiger partial charge in [-0.2, -0.15) is 5.10 Å². The molecule has 1 aliphatic heterocycles. The van der Waals surface area contributed by atoms with Crippen molar-refractivity contribution >= 4 is 16.9 Å². The van der Waals surface area contributed by atoms with Crippen LogP contribution in [0.15, 0.2) is 61.1 Å². The van der Waals surface area contributed by atoms with Gasteiger partial charge < -0.3 is 14.6 Å². The number of carbonyl (C=O) groups excluding carboxylic acids is 1. The van der Waals surface area contributed by atoms with E-state index in [4.69, 9.17) is 9.72 Å². The van der Waals surface area contributed by atoms with Crippen LogP contribution in [0, 0.1) is 0 Å². The van der Waals surface area contributed by atoms with Gasteiger partial charge in [0.2, 0.25) is 0 Å². The molecule has 1 aromatic carbocycles. The fourth-order valence-corrected chi connectivity index (χ4v) is 4.26. The molecule has 4 heterocycles. The first-order valence-corrected chi connectivity index (χ1v) is 11.2. The van der Waals surface area contributed by atoms with Crippen LogP contribution in [0.5, 0.6) is 0 Å². The van der Waals surface area contributed by atoms with Gasteiger partial charge in [-0.05, 0) is 67.6 Å². The van der Waals surface area contributed by atoms with Gasteiger partial charge in [0.1, 0.15) is 11.3 Å². The molecule has 4 aromatic rings. The molecule has 0 unspecified atom stereocenters. The Labute approximate surface area is 187 Å². The maximum Gasteiger partial charge on any atom is 0.270 e. The first-order chi connectivity index (χ1) is 15.7. The van der Waals surface area contributed by atoms with E-state index in [0.717, 1.165) is 48.1 Å². The average Bonchev–Trinajstić information content (AvgIpc) is 3.50. The first kappa shape index (κ1) is 20.5. The van der Waals surface area contributed by atoms with Crippen LogP contribution in [0.1, 0.15) is 41.4 Å². The Balaban J connectivity index is 1.44. The topological polar surface area (TPSA) is 74.0 Å². The number of nitrogens with one attached hydrogen (secondary N) is 1. The van der Waals surface area contributed by atoms with Gasteiger partial charge in [-0.3, -0.25) is 4.79 Å². The standard InChI is InChI=1S/C25H27N5O2/c1-2-29-13-8-22-19(16-18-4-6-21(7-5-18)30-12-3-11-26-30)17-23(28-24(22)29)25(31)27-20-9-14-32-15-10-20/h3-8,11-13,17,20H,2,9-10,14-16H2,1H3,(H,27,31). The summed E-state index contributed by atoms with van der Waals surface area (Å²) >= 11 is 0. The van der Waals surface area contributed by atoms with Gasteiger partial charge in [0.05, 0.1) is 5.69 Å². The summed E-state index contributed by atoms with van der Waals surface area (Å²) in [5, 5.41) is 8.52. The summed E-state index contributed by atoms with van der Waals surface area (Å²) in [5.41, 5.74) is 4.63. The lowest BCUT2D eigenvalue weighted by atomic mass is 10.0. The van der Waals surface area contributed by atoms with E-state index in [9.17, 15) is 4.79 Å². The van der Waals surface area contributed by atoms with E-state index in [1.807, 2.05) is 29.2 Å². The Kier molecular flexibility index (Phi) is 5.73. The molecule has 0 aliphatic carbocycles. The third kappa shape index (κ3) is 4.16. The number of pyridine rings is 1. The third-order valence-electron chi connectivity index (χ3n) is 6.05. The quantitative estimate of drug-likeness (QED) is 0.507. The molecule has 5 rings (SSSR count). The molecule has 3 aromatic heterocycles. The summed E-state index contributed by atoms with van der Waals surface area (Å²) in [7, 11) is 0. The Morgan fingerprint density at radius 2 is 1.97 bits per heavy atom. The monoisotopic (exact) mass is 429 g/mol. The molecule has 1 saturated heterocycles. The minimum atomic E-state index is -0.113. The van der Waals surface area contributed by atoms with Crippen molar-refractivity contribution in [2.24, 2.45) is 0 Å². The number of rotatable bonds is 6. The smallest absolute Gasteiger partial charge is 0.270 e. The zero-order valence-corrected chi connectivity index (χ0v) is 18.2. The molecular weight excluding hydrogens is 402 g/mol. The number of aromatic nitrogens is 4. The van der Waals surface area contributed by atoms with Crippen LogP contribution in [0.4, 0.5) is 0 Å². The lowest BCUT2D eigenvalue weighted by Gasteiger charge is -2.23. The van der Waals surface area contributed by atoms with Gasteiger partial charge in [0, 0.05) is 49.8 Å². The largest absolute Gasteiger partial charge is 0.381 e. The maximum absolute atomic E-state index is 13.0. The molecular formula is C25H27N5O2. The van der Waals surface area contributed by atoms with Crippen molar-refractivity contribution in [3.63, 3.8) is 0 Å². The molecule has 7 nitrogen and oxygen atoms in total. The van der Waals surface area contributed by atoms with Crippen LogP contribution < -0.4 is 5.32 Å². The summed E-state index contributed by atoms with van der Waals surface area (Å²) in [4.78, 5) is 17.8. The van der Waals surface area contributed by atoms with Gasteiger partial charge >= 0.3 is 0 Å². The van der Waals surface area contributed by atoms with Crippen molar-refractivity contribution in [2.45, 2.75) is 38.8 Å². The SMILES string of the molecule is CCn1ccc2c(Cc3ccc(-n4cccn4)cc3)cc(C(=O)NC3CCOCC3)nc21.